The van der Waals surface area contributed by atoms with Gasteiger partial charge < -0.3 is 15.0 Å². The molecule has 0 aliphatic heterocycles. The van der Waals surface area contributed by atoms with Crippen LogP contribution in [0.1, 0.15) is 24.8 Å². The first-order valence-electron chi connectivity index (χ1n) is 8.88. The van der Waals surface area contributed by atoms with E-state index < -0.39 is 0 Å². The molecule has 1 N–H and O–H groups in total. The number of thiocarbonyl (C=S) groups is 1. The van der Waals surface area contributed by atoms with Crippen molar-refractivity contribution in [3.05, 3.63) is 66.2 Å². The van der Waals surface area contributed by atoms with Gasteiger partial charge in [0, 0.05) is 19.2 Å². The molecule has 0 unspecified atom stereocenters. The highest BCUT2D eigenvalue weighted by molar-refractivity contribution is 7.80. The Hall–Kier alpha value is -2.73. The molecule has 0 aliphatic rings. The molecule has 6 heteroatoms. The first kappa shape index (κ1) is 20.6. The van der Waals surface area contributed by atoms with Crippen LogP contribution in [0.25, 0.3) is 0 Å². The van der Waals surface area contributed by atoms with Crippen molar-refractivity contribution in [2.24, 2.45) is 0 Å². The van der Waals surface area contributed by atoms with E-state index in [9.17, 15) is 9.59 Å². The maximum absolute atomic E-state index is 12.0. The Bertz CT molecular complexity index is 751. The van der Waals surface area contributed by atoms with Crippen LogP contribution < -0.4 is 10.2 Å². The lowest BCUT2D eigenvalue weighted by molar-refractivity contribution is -0.145. The summed E-state index contributed by atoms with van der Waals surface area (Å²) < 4.78 is 5.17. The summed E-state index contributed by atoms with van der Waals surface area (Å²) in [6.45, 7) is 0.352. The summed E-state index contributed by atoms with van der Waals surface area (Å²) in [7, 11) is 1.78. The van der Waals surface area contributed by atoms with Gasteiger partial charge in [0.25, 0.3) is 0 Å². The van der Waals surface area contributed by atoms with E-state index in [1.807, 2.05) is 60.7 Å². The zero-order valence-electron chi connectivity index (χ0n) is 15.4. The third-order valence-corrected chi connectivity index (χ3v) is 4.34. The van der Waals surface area contributed by atoms with Crippen LogP contribution in [0, 0.1) is 0 Å². The molecule has 0 saturated carbocycles. The fourth-order valence-corrected chi connectivity index (χ4v) is 2.65. The zero-order chi connectivity index (χ0) is 19.5. The highest BCUT2D eigenvalue weighted by atomic mass is 32.1. The average Bonchev–Trinajstić information content (AvgIpc) is 2.70. The molecule has 2 rings (SSSR count). The Morgan fingerprint density at radius 1 is 1.00 bits per heavy atom. The molecule has 27 heavy (non-hydrogen) atoms. The monoisotopic (exact) mass is 384 g/mol. The van der Waals surface area contributed by atoms with Crippen LogP contribution in [-0.4, -0.2) is 30.6 Å². The lowest BCUT2D eigenvalue weighted by Gasteiger charge is -2.20. The highest BCUT2D eigenvalue weighted by Gasteiger charge is 2.12. The lowest BCUT2D eigenvalue weighted by Crippen LogP contribution is -2.40. The van der Waals surface area contributed by atoms with E-state index in [4.69, 9.17) is 17.0 Å². The van der Waals surface area contributed by atoms with Gasteiger partial charge in [0.2, 0.25) is 5.91 Å². The number of amides is 1. The Labute approximate surface area is 165 Å². The van der Waals surface area contributed by atoms with Crippen LogP contribution >= 0.6 is 12.2 Å². The molecular weight excluding hydrogens is 360 g/mol. The quantitative estimate of drug-likeness (QED) is 0.429. The van der Waals surface area contributed by atoms with Gasteiger partial charge >= 0.3 is 5.97 Å². The van der Waals surface area contributed by atoms with Crippen molar-refractivity contribution in [1.29, 1.82) is 0 Å². The molecule has 0 spiro atoms. The second-order valence-electron chi connectivity index (χ2n) is 6.06. The number of nitrogens with one attached hydrogen (secondary N) is 1. The SMILES string of the molecule is CN(C(=S)NC(=O)CCC(=O)OCCCc1ccccc1)c1ccccc1. The van der Waals surface area contributed by atoms with E-state index in [1.54, 1.807) is 11.9 Å². The molecule has 2 aromatic carbocycles. The highest BCUT2D eigenvalue weighted by Crippen LogP contribution is 2.11. The van der Waals surface area contributed by atoms with Gasteiger partial charge in [0.05, 0.1) is 13.0 Å². The average molecular weight is 385 g/mol. The Morgan fingerprint density at radius 2 is 1.63 bits per heavy atom. The summed E-state index contributed by atoms with van der Waals surface area (Å²) in [6.07, 6.45) is 1.69. The van der Waals surface area contributed by atoms with E-state index >= 15 is 0 Å². The second-order valence-corrected chi connectivity index (χ2v) is 6.44. The van der Waals surface area contributed by atoms with Gasteiger partial charge in [-0.05, 0) is 42.8 Å². The van der Waals surface area contributed by atoms with Crippen molar-refractivity contribution >= 4 is 34.9 Å². The second kappa shape index (κ2) is 11.1. The third-order valence-electron chi connectivity index (χ3n) is 3.97. The fourth-order valence-electron chi connectivity index (χ4n) is 2.43. The third kappa shape index (κ3) is 7.58. The van der Waals surface area contributed by atoms with E-state index in [2.05, 4.69) is 5.32 Å². The summed E-state index contributed by atoms with van der Waals surface area (Å²) in [5.74, 6) is -0.676. The van der Waals surface area contributed by atoms with Crippen molar-refractivity contribution < 1.29 is 14.3 Å². The van der Waals surface area contributed by atoms with Crippen LogP contribution in [0.2, 0.25) is 0 Å². The van der Waals surface area contributed by atoms with E-state index in [-0.39, 0.29) is 24.7 Å². The molecule has 0 saturated heterocycles. The van der Waals surface area contributed by atoms with E-state index in [0.29, 0.717) is 11.7 Å². The van der Waals surface area contributed by atoms with Crippen LogP contribution in [0.3, 0.4) is 0 Å². The van der Waals surface area contributed by atoms with E-state index in [1.165, 1.54) is 5.56 Å². The van der Waals surface area contributed by atoms with Crippen LogP contribution in [0.5, 0.6) is 0 Å². The van der Waals surface area contributed by atoms with Gasteiger partial charge in [-0.3, -0.25) is 9.59 Å². The lowest BCUT2D eigenvalue weighted by atomic mass is 10.1. The normalized spacial score (nSPS) is 10.1. The van der Waals surface area contributed by atoms with Crippen LogP contribution in [-0.2, 0) is 20.7 Å². The summed E-state index contributed by atoms with van der Waals surface area (Å²) in [6, 6.07) is 19.5. The molecule has 2 aromatic rings. The Balaban J connectivity index is 1.61. The van der Waals surface area contributed by atoms with Crippen molar-refractivity contribution in [3.63, 3.8) is 0 Å². The minimum atomic E-state index is -0.374. The molecule has 0 atom stereocenters. The van der Waals surface area contributed by atoms with Crippen LogP contribution in [0.4, 0.5) is 5.69 Å². The number of esters is 1. The molecule has 0 fully saturated rings. The maximum Gasteiger partial charge on any atom is 0.306 e. The standard InChI is InChI=1S/C21H24N2O3S/c1-23(18-12-6-3-7-13-18)21(27)22-19(24)14-15-20(25)26-16-8-11-17-9-4-2-5-10-17/h2-7,9-10,12-13H,8,11,14-16H2,1H3,(H,22,24,27). The molecule has 0 aliphatic carbocycles. The Kier molecular flexibility index (Phi) is 8.45. The van der Waals surface area contributed by atoms with E-state index in [0.717, 1.165) is 18.5 Å². The maximum atomic E-state index is 12.0. The van der Waals surface area contributed by atoms with Crippen molar-refractivity contribution in [1.82, 2.24) is 5.32 Å². The summed E-state index contributed by atoms with van der Waals surface area (Å²) in [5.41, 5.74) is 2.09. The van der Waals surface area contributed by atoms with Gasteiger partial charge in [0.1, 0.15) is 0 Å². The molecule has 5 nitrogen and oxygen atoms in total. The number of benzene rings is 2. The van der Waals surface area contributed by atoms with Gasteiger partial charge in [-0.25, -0.2) is 0 Å². The molecule has 0 aromatic heterocycles. The van der Waals surface area contributed by atoms with Gasteiger partial charge in [-0.2, -0.15) is 0 Å². The topological polar surface area (TPSA) is 58.6 Å². The number of nitrogens with zero attached hydrogens (tertiary/aromatic N) is 1. The number of anilines is 1. The molecule has 0 radical (unpaired) electrons. The number of aryl methyl sites for hydroxylation is 1. The minimum absolute atomic E-state index is 0.0365. The molecule has 1 amide bonds. The van der Waals surface area contributed by atoms with Crippen molar-refractivity contribution in [2.45, 2.75) is 25.7 Å². The molecular formula is C21H24N2O3S. The van der Waals surface area contributed by atoms with Crippen molar-refractivity contribution in [2.75, 3.05) is 18.6 Å². The fraction of sp³-hybridized carbons (Fsp3) is 0.286. The number of carbonyl (C=O) groups excluding carboxylic acids is 2. The summed E-state index contributed by atoms with van der Waals surface area (Å²) >= 11 is 5.22. The minimum Gasteiger partial charge on any atom is -0.466 e. The number of para-hydroxylation sites is 1. The number of ether oxygens (including phenoxy) is 1. The predicted octanol–water partition coefficient (Wildman–Crippen LogP) is 3.48. The smallest absolute Gasteiger partial charge is 0.306 e. The first-order valence-corrected chi connectivity index (χ1v) is 9.29. The summed E-state index contributed by atoms with van der Waals surface area (Å²) in [5, 5.41) is 2.93. The largest absolute Gasteiger partial charge is 0.466 e. The summed E-state index contributed by atoms with van der Waals surface area (Å²) in [4.78, 5) is 25.4. The number of hydrogen-bond acceptors (Lipinski definition) is 4. The molecule has 0 heterocycles. The number of carbonyl (C=O) groups is 2. The molecule has 142 valence electrons. The number of rotatable bonds is 8. The van der Waals surface area contributed by atoms with Gasteiger partial charge in [-0.15, -0.1) is 0 Å². The Morgan fingerprint density at radius 3 is 2.30 bits per heavy atom. The molecule has 0 bridgehead atoms. The van der Waals surface area contributed by atoms with Crippen LogP contribution in [0.15, 0.2) is 60.7 Å². The zero-order valence-corrected chi connectivity index (χ0v) is 16.2. The van der Waals surface area contributed by atoms with Gasteiger partial charge in [0.15, 0.2) is 5.11 Å². The van der Waals surface area contributed by atoms with Crippen molar-refractivity contribution in [3.8, 4) is 0 Å². The predicted molar refractivity (Wildman–Crippen MR) is 111 cm³/mol. The number of hydrogen-bond donors (Lipinski definition) is 1. The first-order chi connectivity index (χ1) is 13.1. The van der Waals surface area contributed by atoms with Gasteiger partial charge in [-0.1, -0.05) is 48.5 Å².